The van der Waals surface area contributed by atoms with E-state index in [0.29, 0.717) is 17.0 Å². The molecule has 2 saturated heterocycles. The van der Waals surface area contributed by atoms with Crippen LogP contribution >= 0.6 is 35.6 Å². The predicted octanol–water partition coefficient (Wildman–Crippen LogP) is 2.37. The first-order valence-corrected chi connectivity index (χ1v) is 11.2. The minimum Gasteiger partial charge on any atom is -0.356 e. The topological polar surface area (TPSA) is 59.0 Å². The third-order valence-electron chi connectivity index (χ3n) is 5.89. The van der Waals surface area contributed by atoms with Gasteiger partial charge in [0.2, 0.25) is 0 Å². The van der Waals surface area contributed by atoms with Crippen LogP contribution in [0, 0.1) is 5.92 Å². The van der Waals surface area contributed by atoms with Crippen molar-refractivity contribution in [1.29, 1.82) is 0 Å². The highest BCUT2D eigenvalue weighted by atomic mass is 127. The van der Waals surface area contributed by atoms with E-state index in [9.17, 15) is 0 Å². The lowest BCUT2D eigenvalue weighted by atomic mass is 10.1. The summed E-state index contributed by atoms with van der Waals surface area (Å²) < 4.78 is 0. The molecular weight excluding hydrogens is 513 g/mol. The van der Waals surface area contributed by atoms with Gasteiger partial charge in [-0.1, -0.05) is 25.4 Å². The van der Waals surface area contributed by atoms with Gasteiger partial charge in [-0.2, -0.15) is 0 Å². The summed E-state index contributed by atoms with van der Waals surface area (Å²) in [4.78, 5) is 16.2. The second kappa shape index (κ2) is 12.9. The molecule has 0 bridgehead atoms. The van der Waals surface area contributed by atoms with Crippen molar-refractivity contribution in [3.63, 3.8) is 0 Å². The Labute approximate surface area is 203 Å². The SMILES string of the molecule is CCN1CCN(CC(C)CNC(=NC)NC2CCN(c3ncccc3Cl)C2)CC1.I. The van der Waals surface area contributed by atoms with Crippen LogP contribution in [0.3, 0.4) is 0 Å². The van der Waals surface area contributed by atoms with E-state index in [1.54, 1.807) is 6.20 Å². The zero-order chi connectivity index (χ0) is 20.6. The van der Waals surface area contributed by atoms with Crippen molar-refractivity contribution >= 4 is 47.4 Å². The Balaban J connectivity index is 0.00000320. The van der Waals surface area contributed by atoms with Crippen molar-refractivity contribution in [3.05, 3.63) is 23.4 Å². The summed E-state index contributed by atoms with van der Waals surface area (Å²) in [6, 6.07) is 4.11. The average molecular weight is 550 g/mol. The largest absolute Gasteiger partial charge is 0.356 e. The van der Waals surface area contributed by atoms with Crippen molar-refractivity contribution in [1.82, 2.24) is 25.4 Å². The Kier molecular flexibility index (Phi) is 10.9. The van der Waals surface area contributed by atoms with E-state index in [4.69, 9.17) is 11.6 Å². The molecule has 1 aromatic rings. The van der Waals surface area contributed by atoms with Crippen LogP contribution in [-0.4, -0.2) is 92.7 Å². The number of hydrogen-bond acceptors (Lipinski definition) is 5. The van der Waals surface area contributed by atoms with Crippen molar-refractivity contribution in [3.8, 4) is 0 Å². The van der Waals surface area contributed by atoms with Gasteiger partial charge in [-0.25, -0.2) is 4.98 Å². The van der Waals surface area contributed by atoms with Gasteiger partial charge < -0.3 is 25.3 Å². The van der Waals surface area contributed by atoms with Gasteiger partial charge in [-0.05, 0) is 31.0 Å². The smallest absolute Gasteiger partial charge is 0.191 e. The van der Waals surface area contributed by atoms with Crippen LogP contribution in [0.5, 0.6) is 0 Å². The standard InChI is InChI=1S/C21H36ClN7.HI/c1-4-27-10-12-28(13-11-27)15-17(2)14-25-21(23-3)26-18-7-9-29(16-18)20-19(22)6-5-8-24-20;/h5-6,8,17-18H,4,7,9-16H2,1-3H3,(H2,23,25,26);1H. The number of anilines is 1. The van der Waals surface area contributed by atoms with Crippen molar-refractivity contribution in [2.75, 3.05) is 70.9 Å². The number of hydrogen-bond donors (Lipinski definition) is 2. The minimum atomic E-state index is 0. The summed E-state index contributed by atoms with van der Waals surface area (Å²) in [5, 5.41) is 7.79. The molecule has 0 saturated carbocycles. The quantitative estimate of drug-likeness (QED) is 0.309. The number of piperazine rings is 1. The molecule has 2 fully saturated rings. The molecule has 0 amide bonds. The molecule has 1 aromatic heterocycles. The molecule has 170 valence electrons. The number of nitrogens with one attached hydrogen (secondary N) is 2. The Bertz CT molecular complexity index is 667. The Morgan fingerprint density at radius 3 is 2.67 bits per heavy atom. The van der Waals surface area contributed by atoms with Gasteiger partial charge in [0.25, 0.3) is 0 Å². The van der Waals surface area contributed by atoms with E-state index in [-0.39, 0.29) is 24.0 Å². The van der Waals surface area contributed by atoms with E-state index in [1.807, 2.05) is 19.2 Å². The number of likely N-dealkylation sites (N-methyl/N-ethyl adjacent to an activating group) is 1. The summed E-state index contributed by atoms with van der Waals surface area (Å²) in [5.41, 5.74) is 0. The number of halogens is 2. The molecule has 0 aliphatic carbocycles. The van der Waals surface area contributed by atoms with Gasteiger partial charge >= 0.3 is 0 Å². The van der Waals surface area contributed by atoms with E-state index >= 15 is 0 Å². The number of aromatic nitrogens is 1. The lowest BCUT2D eigenvalue weighted by Crippen LogP contribution is -2.49. The highest BCUT2D eigenvalue weighted by molar-refractivity contribution is 14.0. The van der Waals surface area contributed by atoms with Crippen molar-refractivity contribution in [2.24, 2.45) is 10.9 Å². The average Bonchev–Trinajstić information content (AvgIpc) is 3.20. The molecule has 7 nitrogen and oxygen atoms in total. The third-order valence-corrected chi connectivity index (χ3v) is 6.19. The van der Waals surface area contributed by atoms with Crippen LogP contribution in [0.25, 0.3) is 0 Å². The summed E-state index contributed by atoms with van der Waals surface area (Å²) in [6.07, 6.45) is 2.84. The second-order valence-corrected chi connectivity index (χ2v) is 8.59. The molecule has 0 spiro atoms. The fourth-order valence-electron chi connectivity index (χ4n) is 4.13. The summed E-state index contributed by atoms with van der Waals surface area (Å²) in [5.74, 6) is 2.33. The summed E-state index contributed by atoms with van der Waals surface area (Å²) >= 11 is 6.30. The number of pyridine rings is 1. The number of guanidine groups is 1. The molecule has 2 aliphatic rings. The lowest BCUT2D eigenvalue weighted by molar-refractivity contribution is 0.124. The lowest BCUT2D eigenvalue weighted by Gasteiger charge is -2.35. The molecule has 2 unspecified atom stereocenters. The van der Waals surface area contributed by atoms with Crippen LogP contribution in [0.2, 0.25) is 5.02 Å². The molecule has 2 atom stereocenters. The Hall–Kier alpha value is -0.840. The fraction of sp³-hybridized carbons (Fsp3) is 0.714. The van der Waals surface area contributed by atoms with Gasteiger partial charge in [0.1, 0.15) is 5.82 Å². The molecule has 0 radical (unpaired) electrons. The first kappa shape index (κ1) is 25.4. The van der Waals surface area contributed by atoms with Crippen molar-refractivity contribution < 1.29 is 0 Å². The van der Waals surface area contributed by atoms with E-state index in [1.165, 1.54) is 26.2 Å². The zero-order valence-corrected chi connectivity index (χ0v) is 21.6. The highest BCUT2D eigenvalue weighted by Crippen LogP contribution is 2.25. The van der Waals surface area contributed by atoms with E-state index < -0.39 is 0 Å². The Morgan fingerprint density at radius 1 is 1.27 bits per heavy atom. The molecule has 9 heteroatoms. The van der Waals surface area contributed by atoms with Gasteiger partial charge in [0, 0.05) is 71.6 Å². The molecule has 30 heavy (non-hydrogen) atoms. The molecule has 3 heterocycles. The third kappa shape index (κ3) is 7.39. The van der Waals surface area contributed by atoms with E-state index in [0.717, 1.165) is 50.9 Å². The number of nitrogens with zero attached hydrogens (tertiary/aromatic N) is 5. The van der Waals surface area contributed by atoms with Gasteiger partial charge in [-0.15, -0.1) is 24.0 Å². The number of aliphatic imine (C=N–C) groups is 1. The Morgan fingerprint density at radius 2 is 2.00 bits per heavy atom. The second-order valence-electron chi connectivity index (χ2n) is 8.18. The fourth-order valence-corrected chi connectivity index (χ4v) is 4.37. The molecule has 0 aromatic carbocycles. The van der Waals surface area contributed by atoms with Gasteiger partial charge in [0.05, 0.1) is 5.02 Å². The first-order chi connectivity index (χ1) is 14.1. The zero-order valence-electron chi connectivity index (χ0n) is 18.5. The van der Waals surface area contributed by atoms with Crippen molar-refractivity contribution in [2.45, 2.75) is 26.3 Å². The first-order valence-electron chi connectivity index (χ1n) is 10.9. The maximum atomic E-state index is 6.30. The summed E-state index contributed by atoms with van der Waals surface area (Å²) in [6.45, 7) is 14.4. The maximum absolute atomic E-state index is 6.30. The van der Waals surface area contributed by atoms with Crippen LogP contribution in [0.1, 0.15) is 20.3 Å². The van der Waals surface area contributed by atoms with Crippen LogP contribution in [0.4, 0.5) is 5.82 Å². The van der Waals surface area contributed by atoms with E-state index in [2.05, 4.69) is 49.2 Å². The van der Waals surface area contributed by atoms with Crippen LogP contribution < -0.4 is 15.5 Å². The van der Waals surface area contributed by atoms with Crippen LogP contribution in [-0.2, 0) is 0 Å². The minimum absolute atomic E-state index is 0. The normalized spacial score (nSPS) is 21.9. The monoisotopic (exact) mass is 549 g/mol. The van der Waals surface area contributed by atoms with Gasteiger partial charge in [-0.3, -0.25) is 4.99 Å². The molecule has 2 aliphatic heterocycles. The van der Waals surface area contributed by atoms with Crippen LogP contribution in [0.15, 0.2) is 23.3 Å². The molecular formula is C21H37ClIN7. The summed E-state index contributed by atoms with van der Waals surface area (Å²) in [7, 11) is 1.84. The predicted molar refractivity (Wildman–Crippen MR) is 137 cm³/mol. The van der Waals surface area contributed by atoms with Gasteiger partial charge in [0.15, 0.2) is 5.96 Å². The number of rotatable bonds is 7. The molecule has 3 rings (SSSR count). The molecule has 2 N–H and O–H groups in total. The maximum Gasteiger partial charge on any atom is 0.191 e. The highest BCUT2D eigenvalue weighted by Gasteiger charge is 2.25.